The van der Waals surface area contributed by atoms with Crippen LogP contribution >= 0.6 is 7.82 Å². The lowest BCUT2D eigenvalue weighted by atomic mass is 9.80. The maximum absolute atomic E-state index is 14.2. The molecule has 0 saturated carbocycles. The number of unbranched alkanes of at least 4 members (excludes halogenated alkanes) is 24. The molecule has 0 bridgehead atoms. The van der Waals surface area contributed by atoms with Gasteiger partial charge >= 0.3 is 7.82 Å². The highest BCUT2D eigenvalue weighted by molar-refractivity contribution is 7.48. The number of benzene rings is 2. The monoisotopic (exact) mass is 869 g/mol. The average molecular weight is 869 g/mol. The van der Waals surface area contributed by atoms with Crippen molar-refractivity contribution < 1.29 is 23.2 Å². The van der Waals surface area contributed by atoms with Crippen LogP contribution in [0.15, 0.2) is 24.3 Å². The lowest BCUT2D eigenvalue weighted by Gasteiger charge is -2.29. The summed E-state index contributed by atoms with van der Waals surface area (Å²) in [5, 5.41) is 12.2. The van der Waals surface area contributed by atoms with Crippen molar-refractivity contribution in [2.45, 2.75) is 266 Å². The Morgan fingerprint density at radius 1 is 0.459 bits per heavy atom. The molecule has 0 heterocycles. The van der Waals surface area contributed by atoms with E-state index in [1.54, 1.807) is 0 Å². The summed E-state index contributed by atoms with van der Waals surface area (Å²) < 4.78 is 32.4. The fourth-order valence-electron chi connectivity index (χ4n) is 8.87. The summed E-state index contributed by atoms with van der Waals surface area (Å²) >= 11 is 0. The van der Waals surface area contributed by atoms with Gasteiger partial charge in [0.15, 0.2) is 0 Å². The van der Waals surface area contributed by atoms with Crippen LogP contribution in [0.25, 0.3) is 0 Å². The third kappa shape index (κ3) is 22.1. The van der Waals surface area contributed by atoms with Crippen LogP contribution in [0.2, 0.25) is 0 Å². The minimum atomic E-state index is -3.92. The Hall–Kier alpha value is -1.81. The highest BCUT2D eigenvalue weighted by Crippen LogP contribution is 2.53. The molecule has 0 fully saturated rings. The number of aromatic hydroxyl groups is 1. The van der Waals surface area contributed by atoms with E-state index in [4.69, 9.17) is 13.6 Å². The lowest BCUT2D eigenvalue weighted by molar-refractivity contribution is 0.166. The molecule has 2 aromatic carbocycles. The maximum Gasteiger partial charge on any atom is 0.530 e. The van der Waals surface area contributed by atoms with E-state index in [1.807, 2.05) is 13.8 Å². The first-order valence-corrected chi connectivity index (χ1v) is 27.3. The molecule has 352 valence electrons. The SMILES string of the molecule is CCCCCCCCCCCCCCCc1ccc(C(C)(C)C)c(O)c1Cc1c(CCCCCCCCCCCCCCC)ccc(C(C)(C)C)c1OP(=O)(OCC)OCC. The van der Waals surface area contributed by atoms with Crippen LogP contribution in [-0.2, 0) is 43.7 Å². The molecular weight excluding hydrogens is 772 g/mol. The Morgan fingerprint density at radius 3 is 1.13 bits per heavy atom. The number of aryl methyl sites for hydroxylation is 2. The zero-order chi connectivity index (χ0) is 45.0. The van der Waals surface area contributed by atoms with Gasteiger partial charge in [-0.2, -0.15) is 0 Å². The minimum Gasteiger partial charge on any atom is -0.507 e. The molecule has 6 heteroatoms. The first kappa shape index (κ1) is 55.3. The topological polar surface area (TPSA) is 65.0 Å². The number of phosphoric ester groups is 1. The van der Waals surface area contributed by atoms with E-state index in [1.165, 1.54) is 165 Å². The van der Waals surface area contributed by atoms with Gasteiger partial charge in [0.25, 0.3) is 0 Å². The molecule has 0 amide bonds. The Kier molecular flexibility index (Phi) is 28.2. The summed E-state index contributed by atoms with van der Waals surface area (Å²) in [7, 11) is -3.92. The second kappa shape index (κ2) is 31.1. The summed E-state index contributed by atoms with van der Waals surface area (Å²) in [5.74, 6) is 0.980. The lowest BCUT2D eigenvalue weighted by Crippen LogP contribution is -2.17. The molecule has 0 radical (unpaired) electrons. The number of phenolic OH excluding ortho intramolecular Hbond substituents is 1. The third-order valence-corrected chi connectivity index (χ3v) is 14.1. The second-order valence-corrected chi connectivity index (χ2v) is 21.8. The fourth-order valence-corrected chi connectivity index (χ4v) is 10.1. The van der Waals surface area contributed by atoms with Gasteiger partial charge in [0.2, 0.25) is 0 Å². The summed E-state index contributed by atoms with van der Waals surface area (Å²) in [6.45, 7) is 21.7. The Bertz CT molecular complexity index is 1470. The number of phosphoric acid groups is 1. The van der Waals surface area contributed by atoms with Crippen LogP contribution < -0.4 is 4.52 Å². The maximum atomic E-state index is 14.2. The van der Waals surface area contributed by atoms with Crippen molar-refractivity contribution in [1.29, 1.82) is 0 Å². The summed E-state index contributed by atoms with van der Waals surface area (Å²) in [6.07, 6.45) is 36.7. The summed E-state index contributed by atoms with van der Waals surface area (Å²) in [6, 6.07) is 8.85. The van der Waals surface area contributed by atoms with E-state index in [2.05, 4.69) is 79.7 Å². The largest absolute Gasteiger partial charge is 0.530 e. The normalized spacial score (nSPS) is 12.4. The van der Waals surface area contributed by atoms with Gasteiger partial charge in [0.05, 0.1) is 13.2 Å². The van der Waals surface area contributed by atoms with Gasteiger partial charge in [-0.05, 0) is 67.1 Å². The highest BCUT2D eigenvalue weighted by Gasteiger charge is 2.34. The molecule has 0 atom stereocenters. The first-order chi connectivity index (χ1) is 29.2. The van der Waals surface area contributed by atoms with Crippen LogP contribution in [0.5, 0.6) is 11.5 Å². The molecule has 5 nitrogen and oxygen atoms in total. The average Bonchev–Trinajstić information content (AvgIpc) is 3.19. The van der Waals surface area contributed by atoms with Crippen LogP contribution in [0.1, 0.15) is 270 Å². The van der Waals surface area contributed by atoms with Gasteiger partial charge in [0, 0.05) is 23.1 Å². The van der Waals surface area contributed by atoms with E-state index >= 15 is 0 Å². The number of phenols is 1. The van der Waals surface area contributed by atoms with Gasteiger partial charge in [-0.1, -0.05) is 234 Å². The van der Waals surface area contributed by atoms with E-state index < -0.39 is 7.82 Å². The van der Waals surface area contributed by atoms with Crippen molar-refractivity contribution in [3.8, 4) is 11.5 Å². The molecule has 0 unspecified atom stereocenters. The summed E-state index contributed by atoms with van der Waals surface area (Å²) in [4.78, 5) is 0. The standard InChI is InChI=1S/C55H97O5P/c1-11-15-17-19-21-23-25-27-29-31-33-35-37-39-46-41-43-50(54(5,6)7)52(56)48(46)45-49-47(40-38-36-34-32-30-28-26-24-22-20-18-16-12-2)42-44-51(55(8,9)10)53(49)60-61(57,58-13-3)59-14-4/h41-44,56H,11-40,45H2,1-10H3. The minimum absolute atomic E-state index is 0.216. The fraction of sp³-hybridized carbons (Fsp3) is 0.782. The van der Waals surface area contributed by atoms with Crippen molar-refractivity contribution in [3.63, 3.8) is 0 Å². The van der Waals surface area contributed by atoms with Crippen molar-refractivity contribution in [2.75, 3.05) is 13.2 Å². The molecule has 0 saturated heterocycles. The van der Waals surface area contributed by atoms with Gasteiger partial charge < -0.3 is 9.63 Å². The van der Waals surface area contributed by atoms with Crippen molar-refractivity contribution in [1.82, 2.24) is 0 Å². The molecule has 2 rings (SSSR count). The molecular formula is C55H97O5P. The van der Waals surface area contributed by atoms with Crippen LogP contribution in [-0.4, -0.2) is 18.3 Å². The Balaban J connectivity index is 2.34. The highest BCUT2D eigenvalue weighted by atomic mass is 31.2. The number of rotatable bonds is 36. The smallest absolute Gasteiger partial charge is 0.507 e. The van der Waals surface area contributed by atoms with E-state index in [0.29, 0.717) is 17.9 Å². The Labute approximate surface area is 378 Å². The molecule has 0 aliphatic rings. The molecule has 0 aromatic heterocycles. The number of hydrogen-bond acceptors (Lipinski definition) is 5. The molecule has 0 spiro atoms. The Morgan fingerprint density at radius 2 is 0.787 bits per heavy atom. The van der Waals surface area contributed by atoms with Crippen LogP contribution in [0.4, 0.5) is 0 Å². The van der Waals surface area contributed by atoms with Crippen molar-refractivity contribution >= 4 is 7.82 Å². The molecule has 0 aliphatic carbocycles. The molecule has 1 N–H and O–H groups in total. The van der Waals surface area contributed by atoms with Gasteiger partial charge in [-0.3, -0.25) is 9.05 Å². The van der Waals surface area contributed by atoms with Gasteiger partial charge in [-0.25, -0.2) is 4.57 Å². The van der Waals surface area contributed by atoms with E-state index in [9.17, 15) is 9.67 Å². The van der Waals surface area contributed by atoms with E-state index in [0.717, 1.165) is 47.9 Å². The quantitative estimate of drug-likeness (QED) is 0.0546. The third-order valence-electron chi connectivity index (χ3n) is 12.6. The van der Waals surface area contributed by atoms with E-state index in [-0.39, 0.29) is 24.0 Å². The first-order valence-electron chi connectivity index (χ1n) is 25.8. The zero-order valence-electron chi connectivity index (χ0n) is 41.8. The van der Waals surface area contributed by atoms with Crippen molar-refractivity contribution in [3.05, 3.63) is 57.6 Å². The molecule has 2 aromatic rings. The van der Waals surface area contributed by atoms with Gasteiger partial charge in [0.1, 0.15) is 11.5 Å². The molecule has 0 aliphatic heterocycles. The van der Waals surface area contributed by atoms with Crippen LogP contribution in [0.3, 0.4) is 0 Å². The summed E-state index contributed by atoms with van der Waals surface area (Å²) in [5.41, 5.74) is 5.77. The number of hydrogen-bond donors (Lipinski definition) is 1. The predicted molar refractivity (Wildman–Crippen MR) is 265 cm³/mol. The molecule has 61 heavy (non-hydrogen) atoms. The van der Waals surface area contributed by atoms with Crippen LogP contribution in [0, 0.1) is 0 Å². The van der Waals surface area contributed by atoms with Crippen molar-refractivity contribution in [2.24, 2.45) is 0 Å². The second-order valence-electron chi connectivity index (χ2n) is 20.2. The van der Waals surface area contributed by atoms with Gasteiger partial charge in [-0.15, -0.1) is 0 Å². The predicted octanol–water partition coefficient (Wildman–Crippen LogP) is 18.4. The zero-order valence-corrected chi connectivity index (χ0v) is 42.7.